The first-order chi connectivity index (χ1) is 9.84. The van der Waals surface area contributed by atoms with Crippen LogP contribution in [0.25, 0.3) is 0 Å². The third-order valence-electron chi connectivity index (χ3n) is 4.29. The van der Waals surface area contributed by atoms with Gasteiger partial charge in [0.1, 0.15) is 5.75 Å². The second-order valence-electron chi connectivity index (χ2n) is 5.69. The molecule has 2 rings (SSSR count). The number of carbonyl (C=O) groups excluding carboxylic acids is 1. The summed E-state index contributed by atoms with van der Waals surface area (Å²) in [5.41, 5.74) is -0.286. The molecule has 1 saturated carbocycles. The van der Waals surface area contributed by atoms with Gasteiger partial charge in [-0.2, -0.15) is 0 Å². The summed E-state index contributed by atoms with van der Waals surface area (Å²) in [6.45, 7) is 1.67. The lowest BCUT2D eigenvalue weighted by Crippen LogP contribution is -2.50. The largest absolute Gasteiger partial charge is 0.508 e. The molecule has 1 aromatic carbocycles. The Labute approximate surface area is 123 Å². The second kappa shape index (κ2) is 5.63. The summed E-state index contributed by atoms with van der Waals surface area (Å²) < 4.78 is 0. The number of benzene rings is 1. The van der Waals surface area contributed by atoms with Crippen LogP contribution in [0.2, 0.25) is 0 Å². The van der Waals surface area contributed by atoms with Crippen LogP contribution in [0, 0.1) is 5.41 Å². The van der Waals surface area contributed by atoms with E-state index in [4.69, 9.17) is 0 Å². The summed E-state index contributed by atoms with van der Waals surface area (Å²) in [4.78, 5) is 25.1. The van der Waals surface area contributed by atoms with Crippen molar-refractivity contribution in [2.75, 3.05) is 11.9 Å². The van der Waals surface area contributed by atoms with E-state index in [1.165, 1.54) is 17.0 Å². The molecular weight excluding hydrogens is 272 g/mol. The van der Waals surface area contributed by atoms with Gasteiger partial charge in [-0.3, -0.25) is 9.69 Å². The van der Waals surface area contributed by atoms with Crippen molar-refractivity contribution in [3.05, 3.63) is 24.3 Å². The van der Waals surface area contributed by atoms with E-state index >= 15 is 0 Å². The maximum absolute atomic E-state index is 12.3. The number of amides is 2. The fourth-order valence-corrected chi connectivity index (χ4v) is 2.69. The predicted octanol–water partition coefficient (Wildman–Crippen LogP) is 2.18. The number of rotatable bonds is 3. The van der Waals surface area contributed by atoms with Crippen molar-refractivity contribution in [1.29, 1.82) is 0 Å². The van der Waals surface area contributed by atoms with Crippen LogP contribution in [-0.4, -0.2) is 35.3 Å². The number of aromatic hydroxyl groups is 1. The zero-order valence-corrected chi connectivity index (χ0v) is 12.2. The van der Waals surface area contributed by atoms with Crippen LogP contribution in [0.15, 0.2) is 24.3 Å². The Morgan fingerprint density at radius 1 is 1.33 bits per heavy atom. The van der Waals surface area contributed by atoms with Crippen molar-refractivity contribution in [2.24, 2.45) is 5.41 Å². The van der Waals surface area contributed by atoms with Crippen molar-refractivity contribution in [3.8, 4) is 5.75 Å². The Bertz CT molecular complexity index is 543. The molecule has 114 valence electrons. The van der Waals surface area contributed by atoms with E-state index in [-0.39, 0.29) is 17.8 Å². The zero-order valence-electron chi connectivity index (χ0n) is 12.2. The molecule has 0 heterocycles. The molecule has 0 radical (unpaired) electrons. The zero-order chi connectivity index (χ0) is 15.6. The molecule has 1 aliphatic carbocycles. The smallest absolute Gasteiger partial charge is 0.321 e. The molecule has 1 fully saturated rings. The first-order valence-electron chi connectivity index (χ1n) is 6.91. The van der Waals surface area contributed by atoms with Crippen LogP contribution in [0.3, 0.4) is 0 Å². The predicted molar refractivity (Wildman–Crippen MR) is 78.4 cm³/mol. The Balaban J connectivity index is 2.07. The summed E-state index contributed by atoms with van der Waals surface area (Å²) in [6, 6.07) is 5.52. The third kappa shape index (κ3) is 2.94. The van der Waals surface area contributed by atoms with E-state index < -0.39 is 11.4 Å². The molecule has 0 bridgehead atoms. The van der Waals surface area contributed by atoms with Gasteiger partial charge in [0, 0.05) is 18.8 Å². The van der Waals surface area contributed by atoms with Crippen LogP contribution in [0.1, 0.15) is 26.2 Å². The maximum Gasteiger partial charge on any atom is 0.321 e. The number of aliphatic carboxylic acids is 1. The van der Waals surface area contributed by atoms with E-state index in [0.29, 0.717) is 18.5 Å². The third-order valence-corrected chi connectivity index (χ3v) is 4.29. The van der Waals surface area contributed by atoms with Gasteiger partial charge in [0.2, 0.25) is 0 Å². The monoisotopic (exact) mass is 292 g/mol. The van der Waals surface area contributed by atoms with Crippen LogP contribution in [0.5, 0.6) is 5.75 Å². The van der Waals surface area contributed by atoms with Gasteiger partial charge in [0.25, 0.3) is 0 Å². The van der Waals surface area contributed by atoms with Crippen molar-refractivity contribution in [3.63, 3.8) is 0 Å². The lowest BCUT2D eigenvalue weighted by Gasteiger charge is -2.29. The minimum Gasteiger partial charge on any atom is -0.508 e. The van der Waals surface area contributed by atoms with Crippen LogP contribution < -0.4 is 10.2 Å². The van der Waals surface area contributed by atoms with E-state index in [1.807, 2.05) is 0 Å². The average molecular weight is 292 g/mol. The Morgan fingerprint density at radius 2 is 1.95 bits per heavy atom. The lowest BCUT2D eigenvalue weighted by molar-refractivity contribution is -0.148. The van der Waals surface area contributed by atoms with Crippen molar-refractivity contribution in [1.82, 2.24) is 5.32 Å². The van der Waals surface area contributed by atoms with Gasteiger partial charge in [-0.1, -0.05) is 6.42 Å². The number of hydrogen-bond donors (Lipinski definition) is 3. The van der Waals surface area contributed by atoms with Gasteiger partial charge < -0.3 is 15.5 Å². The van der Waals surface area contributed by atoms with Gasteiger partial charge in [-0.25, -0.2) is 4.79 Å². The van der Waals surface area contributed by atoms with Crippen LogP contribution >= 0.6 is 0 Å². The molecule has 3 N–H and O–H groups in total. The van der Waals surface area contributed by atoms with Gasteiger partial charge >= 0.3 is 12.0 Å². The van der Waals surface area contributed by atoms with E-state index in [1.54, 1.807) is 26.1 Å². The van der Waals surface area contributed by atoms with Gasteiger partial charge in [0.05, 0.1) is 5.41 Å². The second-order valence-corrected chi connectivity index (χ2v) is 5.69. The molecule has 21 heavy (non-hydrogen) atoms. The van der Waals surface area contributed by atoms with Gasteiger partial charge in [-0.05, 0) is 44.0 Å². The summed E-state index contributed by atoms with van der Waals surface area (Å²) in [5, 5.41) is 21.4. The number of carboxylic acid groups (broad SMARTS) is 1. The van der Waals surface area contributed by atoms with E-state index in [0.717, 1.165) is 6.42 Å². The SMILES string of the molecule is CN(C(=O)NC1CCCC1(C)C(=O)O)c1ccc(O)cc1. The maximum atomic E-state index is 12.3. The number of nitrogens with one attached hydrogen (secondary N) is 1. The number of nitrogens with zero attached hydrogens (tertiary/aromatic N) is 1. The van der Waals surface area contributed by atoms with E-state index in [9.17, 15) is 19.8 Å². The minimum atomic E-state index is -0.911. The molecule has 1 aromatic rings. The average Bonchev–Trinajstić information content (AvgIpc) is 2.81. The Hall–Kier alpha value is -2.24. The molecular formula is C15H20N2O4. The molecule has 6 nitrogen and oxygen atoms in total. The summed E-state index contributed by atoms with van der Waals surface area (Å²) >= 11 is 0. The lowest BCUT2D eigenvalue weighted by atomic mass is 9.85. The summed E-state index contributed by atoms with van der Waals surface area (Å²) in [7, 11) is 1.61. The highest BCUT2D eigenvalue weighted by atomic mass is 16.4. The normalized spacial score (nSPS) is 24.6. The summed E-state index contributed by atoms with van der Waals surface area (Å²) in [5.74, 6) is -0.751. The Kier molecular flexibility index (Phi) is 4.06. The van der Waals surface area contributed by atoms with Crippen molar-refractivity contribution >= 4 is 17.7 Å². The molecule has 0 saturated heterocycles. The highest BCUT2D eigenvalue weighted by Gasteiger charge is 2.46. The number of urea groups is 1. The molecule has 2 amide bonds. The topological polar surface area (TPSA) is 89.9 Å². The first-order valence-corrected chi connectivity index (χ1v) is 6.91. The number of carbonyl (C=O) groups is 2. The number of carboxylic acids is 1. The molecule has 0 aliphatic heterocycles. The highest BCUT2D eigenvalue weighted by molar-refractivity contribution is 5.92. The number of phenols is 1. The number of hydrogen-bond acceptors (Lipinski definition) is 3. The first kappa shape index (κ1) is 15.2. The molecule has 0 aromatic heterocycles. The fourth-order valence-electron chi connectivity index (χ4n) is 2.69. The minimum absolute atomic E-state index is 0.127. The molecule has 2 unspecified atom stereocenters. The number of anilines is 1. The molecule has 1 aliphatic rings. The molecule has 6 heteroatoms. The van der Waals surface area contributed by atoms with Crippen molar-refractivity contribution in [2.45, 2.75) is 32.2 Å². The van der Waals surface area contributed by atoms with Gasteiger partial charge in [-0.15, -0.1) is 0 Å². The van der Waals surface area contributed by atoms with Crippen molar-refractivity contribution < 1.29 is 19.8 Å². The standard InChI is InChI=1S/C15H20N2O4/c1-15(13(19)20)9-3-4-12(15)16-14(21)17(2)10-5-7-11(18)8-6-10/h5-8,12,18H,3-4,9H2,1-2H3,(H,16,21)(H,19,20). The van der Waals surface area contributed by atoms with E-state index in [2.05, 4.69) is 5.32 Å². The van der Waals surface area contributed by atoms with Gasteiger partial charge in [0.15, 0.2) is 0 Å². The summed E-state index contributed by atoms with van der Waals surface area (Å²) in [6.07, 6.45) is 2.02. The Morgan fingerprint density at radius 3 is 2.52 bits per heavy atom. The molecule has 2 atom stereocenters. The van der Waals surface area contributed by atoms with Crippen LogP contribution in [0.4, 0.5) is 10.5 Å². The number of phenolic OH excluding ortho intramolecular Hbond substituents is 1. The quantitative estimate of drug-likeness (QED) is 0.796. The fraction of sp³-hybridized carbons (Fsp3) is 0.467. The van der Waals surface area contributed by atoms with Crippen LogP contribution in [-0.2, 0) is 4.79 Å². The molecule has 0 spiro atoms. The highest BCUT2D eigenvalue weighted by Crippen LogP contribution is 2.38.